The minimum atomic E-state index is -0.250. The van der Waals surface area contributed by atoms with Gasteiger partial charge in [0, 0.05) is 18.0 Å². The van der Waals surface area contributed by atoms with Gasteiger partial charge >= 0.3 is 0 Å². The fourth-order valence-electron chi connectivity index (χ4n) is 1.90. The zero-order valence-electron chi connectivity index (χ0n) is 10.9. The Labute approximate surface area is 110 Å². The van der Waals surface area contributed by atoms with E-state index >= 15 is 0 Å². The average Bonchev–Trinajstić information content (AvgIpc) is 2.30. The smallest absolute Gasteiger partial charge is 0.253 e. The normalized spacial score (nSPS) is 10.2. The van der Waals surface area contributed by atoms with Gasteiger partial charge in [-0.3, -0.25) is 14.2 Å². The summed E-state index contributed by atoms with van der Waals surface area (Å²) >= 11 is 0. The lowest BCUT2D eigenvalue weighted by atomic mass is 10.1. The van der Waals surface area contributed by atoms with Gasteiger partial charge < -0.3 is 5.32 Å². The first kappa shape index (κ1) is 13.0. The number of benzene rings is 1. The molecule has 1 amide bonds. The molecule has 1 aromatic heterocycles. The number of nitrogens with zero attached hydrogens (tertiary/aromatic N) is 2. The number of carbonyl (C=O) groups is 1. The van der Waals surface area contributed by atoms with Crippen molar-refractivity contribution in [3.63, 3.8) is 0 Å². The number of hydrogen-bond donors (Lipinski definition) is 1. The van der Waals surface area contributed by atoms with Crippen molar-refractivity contribution in [3.8, 4) is 0 Å². The lowest BCUT2D eigenvalue weighted by Gasteiger charge is -2.08. The van der Waals surface area contributed by atoms with Crippen LogP contribution >= 0.6 is 0 Å². The van der Waals surface area contributed by atoms with Crippen molar-refractivity contribution in [3.05, 3.63) is 58.3 Å². The summed E-state index contributed by atoms with van der Waals surface area (Å²) in [7, 11) is 0. The molecule has 2 aromatic rings. The van der Waals surface area contributed by atoms with Crippen LogP contribution in [0.5, 0.6) is 0 Å². The molecule has 0 aliphatic carbocycles. The molecule has 1 aromatic carbocycles. The summed E-state index contributed by atoms with van der Waals surface area (Å²) in [5.41, 5.74) is 2.65. The number of aromatic nitrogens is 2. The highest BCUT2D eigenvalue weighted by Gasteiger charge is 2.05. The van der Waals surface area contributed by atoms with Crippen LogP contribution in [0.2, 0.25) is 0 Å². The molecule has 0 fully saturated rings. The monoisotopic (exact) mass is 257 g/mol. The van der Waals surface area contributed by atoms with Gasteiger partial charge in [-0.25, -0.2) is 4.98 Å². The first-order valence-corrected chi connectivity index (χ1v) is 5.93. The molecule has 0 spiro atoms. The van der Waals surface area contributed by atoms with E-state index in [1.165, 1.54) is 23.2 Å². The fourth-order valence-corrected chi connectivity index (χ4v) is 1.90. The Balaban J connectivity index is 2.10. The van der Waals surface area contributed by atoms with E-state index in [0.29, 0.717) is 0 Å². The standard InChI is InChI=1S/C14H15N3O2/c1-10-5-11(2)7-12(6-10)16-13(18)8-17-9-15-4-3-14(17)19/h3-7,9H,8H2,1-2H3,(H,16,18). The molecule has 0 saturated heterocycles. The molecule has 0 aliphatic heterocycles. The SMILES string of the molecule is Cc1cc(C)cc(NC(=O)Cn2cnccc2=O)c1. The molecule has 5 nitrogen and oxygen atoms in total. The van der Waals surface area contributed by atoms with E-state index in [4.69, 9.17) is 0 Å². The van der Waals surface area contributed by atoms with Crippen LogP contribution in [-0.4, -0.2) is 15.5 Å². The van der Waals surface area contributed by atoms with Crippen molar-refractivity contribution in [1.29, 1.82) is 0 Å². The van der Waals surface area contributed by atoms with Crippen LogP contribution in [0.4, 0.5) is 5.69 Å². The van der Waals surface area contributed by atoms with Crippen LogP contribution in [0.15, 0.2) is 41.6 Å². The van der Waals surface area contributed by atoms with E-state index < -0.39 is 0 Å². The summed E-state index contributed by atoms with van der Waals surface area (Å²) in [5.74, 6) is -0.250. The van der Waals surface area contributed by atoms with Crippen LogP contribution in [0.3, 0.4) is 0 Å². The summed E-state index contributed by atoms with van der Waals surface area (Å²) in [6.45, 7) is 3.89. The molecule has 98 valence electrons. The number of carbonyl (C=O) groups excluding carboxylic acids is 1. The highest BCUT2D eigenvalue weighted by molar-refractivity contribution is 5.90. The Morgan fingerprint density at radius 2 is 1.95 bits per heavy atom. The number of aryl methyl sites for hydroxylation is 2. The van der Waals surface area contributed by atoms with Crippen LogP contribution in [0.25, 0.3) is 0 Å². The largest absolute Gasteiger partial charge is 0.325 e. The van der Waals surface area contributed by atoms with E-state index in [2.05, 4.69) is 10.3 Å². The Bertz CT molecular complexity index is 641. The van der Waals surface area contributed by atoms with E-state index in [9.17, 15) is 9.59 Å². The summed E-state index contributed by atoms with van der Waals surface area (Å²) in [6.07, 6.45) is 2.75. The molecule has 5 heteroatoms. The molecule has 0 atom stereocenters. The third-order valence-electron chi connectivity index (χ3n) is 2.61. The fraction of sp³-hybridized carbons (Fsp3) is 0.214. The number of amides is 1. The van der Waals surface area contributed by atoms with Gasteiger partial charge in [-0.2, -0.15) is 0 Å². The van der Waals surface area contributed by atoms with Crippen LogP contribution in [-0.2, 0) is 11.3 Å². The molecule has 1 N–H and O–H groups in total. The molecule has 0 unspecified atom stereocenters. The molecule has 0 aliphatic rings. The lowest BCUT2D eigenvalue weighted by molar-refractivity contribution is -0.116. The second-order valence-corrected chi connectivity index (χ2v) is 4.47. The Morgan fingerprint density at radius 1 is 1.26 bits per heavy atom. The van der Waals surface area contributed by atoms with Gasteiger partial charge in [0.2, 0.25) is 5.91 Å². The van der Waals surface area contributed by atoms with Gasteiger partial charge in [0.15, 0.2) is 0 Å². The maximum atomic E-state index is 11.9. The van der Waals surface area contributed by atoms with Gasteiger partial charge in [0.05, 0.1) is 6.33 Å². The molecule has 1 heterocycles. The van der Waals surface area contributed by atoms with Crippen LogP contribution in [0, 0.1) is 13.8 Å². The summed E-state index contributed by atoms with van der Waals surface area (Å²) in [5, 5.41) is 2.77. The van der Waals surface area contributed by atoms with Crippen LogP contribution in [0.1, 0.15) is 11.1 Å². The molecule has 0 radical (unpaired) electrons. The second kappa shape index (κ2) is 5.48. The zero-order chi connectivity index (χ0) is 13.8. The predicted octanol–water partition coefficient (Wildman–Crippen LogP) is 1.50. The van der Waals surface area contributed by atoms with Gasteiger partial charge in [-0.1, -0.05) is 6.07 Å². The van der Waals surface area contributed by atoms with Crippen molar-refractivity contribution >= 4 is 11.6 Å². The van der Waals surface area contributed by atoms with E-state index in [-0.39, 0.29) is 18.0 Å². The predicted molar refractivity (Wildman–Crippen MR) is 73.0 cm³/mol. The second-order valence-electron chi connectivity index (χ2n) is 4.47. The van der Waals surface area contributed by atoms with Crippen molar-refractivity contribution in [2.24, 2.45) is 0 Å². The summed E-state index contributed by atoms with van der Waals surface area (Å²) in [4.78, 5) is 27.1. The first-order chi connectivity index (χ1) is 9.04. The number of rotatable bonds is 3. The van der Waals surface area contributed by atoms with Crippen molar-refractivity contribution in [2.75, 3.05) is 5.32 Å². The topological polar surface area (TPSA) is 64.0 Å². The van der Waals surface area contributed by atoms with Gasteiger partial charge in [-0.15, -0.1) is 0 Å². The first-order valence-electron chi connectivity index (χ1n) is 5.93. The van der Waals surface area contributed by atoms with Crippen molar-refractivity contribution in [2.45, 2.75) is 20.4 Å². The summed E-state index contributed by atoms with van der Waals surface area (Å²) < 4.78 is 1.26. The van der Waals surface area contributed by atoms with Crippen molar-refractivity contribution < 1.29 is 4.79 Å². The lowest BCUT2D eigenvalue weighted by Crippen LogP contribution is -2.27. The van der Waals surface area contributed by atoms with Gasteiger partial charge in [0.25, 0.3) is 5.56 Å². The molecule has 0 bridgehead atoms. The van der Waals surface area contributed by atoms with Gasteiger partial charge in [-0.05, 0) is 37.1 Å². The Kier molecular flexibility index (Phi) is 3.75. The highest BCUT2D eigenvalue weighted by atomic mass is 16.2. The Hall–Kier alpha value is -2.43. The Morgan fingerprint density at radius 3 is 2.58 bits per heavy atom. The third-order valence-corrected chi connectivity index (χ3v) is 2.61. The quantitative estimate of drug-likeness (QED) is 0.906. The highest BCUT2D eigenvalue weighted by Crippen LogP contribution is 2.13. The van der Waals surface area contributed by atoms with Crippen LogP contribution < -0.4 is 10.9 Å². The zero-order valence-corrected chi connectivity index (χ0v) is 10.9. The minimum absolute atomic E-state index is 0.0420. The number of anilines is 1. The molecule has 2 rings (SSSR count). The molecule has 19 heavy (non-hydrogen) atoms. The van der Waals surface area contributed by atoms with E-state index in [0.717, 1.165) is 16.8 Å². The van der Waals surface area contributed by atoms with Gasteiger partial charge in [0.1, 0.15) is 6.54 Å². The van der Waals surface area contributed by atoms with E-state index in [1.807, 2.05) is 32.0 Å². The minimum Gasteiger partial charge on any atom is -0.325 e. The summed E-state index contributed by atoms with van der Waals surface area (Å²) in [6, 6.07) is 7.12. The van der Waals surface area contributed by atoms with E-state index in [1.54, 1.807) is 0 Å². The van der Waals surface area contributed by atoms with Crippen molar-refractivity contribution in [1.82, 2.24) is 9.55 Å². The molecule has 0 saturated carbocycles. The number of nitrogens with one attached hydrogen (secondary N) is 1. The average molecular weight is 257 g/mol. The maximum Gasteiger partial charge on any atom is 0.253 e. The number of hydrogen-bond acceptors (Lipinski definition) is 3. The molecular formula is C14H15N3O2. The molecular weight excluding hydrogens is 242 g/mol. The maximum absolute atomic E-state index is 11.9. The third kappa shape index (κ3) is 3.51.